The van der Waals surface area contributed by atoms with Crippen molar-refractivity contribution < 1.29 is 18.3 Å². The van der Waals surface area contributed by atoms with Crippen molar-refractivity contribution in [3.8, 4) is 0 Å². The quantitative estimate of drug-likeness (QED) is 0.857. The van der Waals surface area contributed by atoms with Crippen molar-refractivity contribution in [2.45, 2.75) is 32.5 Å². The summed E-state index contributed by atoms with van der Waals surface area (Å²) in [7, 11) is 0. The SMILES string of the molecule is CC(C)CC(CO)Nc1cc(C(F)(F)F)ccn1. The van der Waals surface area contributed by atoms with E-state index < -0.39 is 11.7 Å². The van der Waals surface area contributed by atoms with Gasteiger partial charge in [-0.2, -0.15) is 13.2 Å². The Bertz CT molecular complexity index is 380. The van der Waals surface area contributed by atoms with E-state index in [4.69, 9.17) is 5.11 Å². The second kappa shape index (κ2) is 6.04. The summed E-state index contributed by atoms with van der Waals surface area (Å²) in [6.45, 7) is 3.81. The molecule has 0 aliphatic rings. The molecule has 1 aromatic rings. The average Bonchev–Trinajstić information content (AvgIpc) is 2.26. The van der Waals surface area contributed by atoms with Gasteiger partial charge in [0.2, 0.25) is 0 Å². The Morgan fingerprint density at radius 2 is 2.06 bits per heavy atom. The molecule has 2 N–H and O–H groups in total. The highest BCUT2D eigenvalue weighted by Gasteiger charge is 2.30. The van der Waals surface area contributed by atoms with Crippen LogP contribution in [0.15, 0.2) is 18.3 Å². The molecule has 0 radical (unpaired) electrons. The zero-order chi connectivity index (χ0) is 13.8. The van der Waals surface area contributed by atoms with Gasteiger partial charge in [0.15, 0.2) is 0 Å². The molecule has 0 spiro atoms. The Labute approximate surface area is 104 Å². The van der Waals surface area contributed by atoms with Gasteiger partial charge in [-0.15, -0.1) is 0 Å². The van der Waals surface area contributed by atoms with E-state index >= 15 is 0 Å². The minimum atomic E-state index is -4.38. The Morgan fingerprint density at radius 1 is 1.39 bits per heavy atom. The summed E-state index contributed by atoms with van der Waals surface area (Å²) in [5.74, 6) is 0.463. The molecule has 18 heavy (non-hydrogen) atoms. The lowest BCUT2D eigenvalue weighted by Crippen LogP contribution is -2.26. The molecular formula is C12H17F3N2O. The first kappa shape index (κ1) is 14.8. The lowest BCUT2D eigenvalue weighted by Gasteiger charge is -2.19. The van der Waals surface area contributed by atoms with Gasteiger partial charge < -0.3 is 10.4 Å². The molecule has 1 aromatic heterocycles. The van der Waals surface area contributed by atoms with Crippen LogP contribution in [0.2, 0.25) is 0 Å². The maximum Gasteiger partial charge on any atom is 0.416 e. The summed E-state index contributed by atoms with van der Waals surface area (Å²) in [5.41, 5.74) is -0.749. The smallest absolute Gasteiger partial charge is 0.394 e. The van der Waals surface area contributed by atoms with Crippen LogP contribution >= 0.6 is 0 Å². The van der Waals surface area contributed by atoms with E-state index in [2.05, 4.69) is 10.3 Å². The number of aliphatic hydroxyl groups is 1. The summed E-state index contributed by atoms with van der Waals surface area (Å²) < 4.78 is 37.5. The van der Waals surface area contributed by atoms with Gasteiger partial charge in [-0.3, -0.25) is 0 Å². The van der Waals surface area contributed by atoms with E-state index in [1.807, 2.05) is 13.8 Å². The van der Waals surface area contributed by atoms with Crippen LogP contribution in [0, 0.1) is 5.92 Å². The highest BCUT2D eigenvalue weighted by molar-refractivity contribution is 5.39. The van der Waals surface area contributed by atoms with E-state index in [9.17, 15) is 13.2 Å². The fourth-order valence-corrected chi connectivity index (χ4v) is 1.64. The van der Waals surface area contributed by atoms with Crippen molar-refractivity contribution in [1.82, 2.24) is 4.98 Å². The highest BCUT2D eigenvalue weighted by Crippen LogP contribution is 2.30. The first-order chi connectivity index (χ1) is 8.32. The van der Waals surface area contributed by atoms with Gasteiger partial charge in [0.05, 0.1) is 18.2 Å². The molecule has 0 aliphatic carbocycles. The van der Waals surface area contributed by atoms with Crippen molar-refractivity contribution in [2.24, 2.45) is 5.92 Å². The number of rotatable bonds is 5. The minimum absolute atomic E-state index is 0.129. The predicted octanol–water partition coefficient (Wildman–Crippen LogP) is 2.92. The third kappa shape index (κ3) is 4.52. The van der Waals surface area contributed by atoms with Gasteiger partial charge in [-0.25, -0.2) is 4.98 Å². The lowest BCUT2D eigenvalue weighted by molar-refractivity contribution is -0.137. The van der Waals surface area contributed by atoms with Crippen molar-refractivity contribution in [3.63, 3.8) is 0 Å². The Hall–Kier alpha value is -1.30. The lowest BCUT2D eigenvalue weighted by atomic mass is 10.0. The molecule has 0 amide bonds. The summed E-state index contributed by atoms with van der Waals surface area (Å²) in [5, 5.41) is 12.0. The second-order valence-electron chi connectivity index (χ2n) is 4.58. The number of aliphatic hydroxyl groups excluding tert-OH is 1. The molecule has 0 fully saturated rings. The number of pyridine rings is 1. The van der Waals surface area contributed by atoms with Gasteiger partial charge in [0, 0.05) is 6.20 Å². The van der Waals surface area contributed by atoms with Gasteiger partial charge in [-0.05, 0) is 24.5 Å². The topological polar surface area (TPSA) is 45.1 Å². The van der Waals surface area contributed by atoms with Crippen LogP contribution in [0.25, 0.3) is 0 Å². The second-order valence-corrected chi connectivity index (χ2v) is 4.58. The van der Waals surface area contributed by atoms with E-state index in [1.54, 1.807) is 0 Å². The monoisotopic (exact) mass is 262 g/mol. The van der Waals surface area contributed by atoms with Crippen LogP contribution < -0.4 is 5.32 Å². The van der Waals surface area contributed by atoms with E-state index in [0.29, 0.717) is 12.3 Å². The molecule has 0 saturated heterocycles. The normalized spacial score (nSPS) is 13.7. The minimum Gasteiger partial charge on any atom is -0.394 e. The maximum atomic E-state index is 12.5. The van der Waals surface area contributed by atoms with E-state index in [-0.39, 0.29) is 18.5 Å². The van der Waals surface area contributed by atoms with Crippen LogP contribution in [0.1, 0.15) is 25.8 Å². The molecule has 0 aromatic carbocycles. The maximum absolute atomic E-state index is 12.5. The molecule has 1 unspecified atom stereocenters. The summed E-state index contributed by atoms with van der Waals surface area (Å²) >= 11 is 0. The first-order valence-electron chi connectivity index (χ1n) is 5.73. The molecule has 3 nitrogen and oxygen atoms in total. The van der Waals surface area contributed by atoms with Crippen molar-refractivity contribution in [3.05, 3.63) is 23.9 Å². The number of nitrogens with zero attached hydrogens (tertiary/aromatic N) is 1. The third-order valence-electron chi connectivity index (χ3n) is 2.42. The summed E-state index contributed by atoms with van der Waals surface area (Å²) in [4.78, 5) is 3.83. The van der Waals surface area contributed by atoms with Gasteiger partial charge in [0.1, 0.15) is 5.82 Å². The number of hydrogen-bond acceptors (Lipinski definition) is 3. The zero-order valence-electron chi connectivity index (χ0n) is 10.3. The van der Waals surface area contributed by atoms with Crippen LogP contribution in [-0.4, -0.2) is 22.7 Å². The number of alkyl halides is 3. The Balaban J connectivity index is 2.78. The molecule has 6 heteroatoms. The number of anilines is 1. The largest absolute Gasteiger partial charge is 0.416 e. The molecule has 0 aliphatic heterocycles. The predicted molar refractivity (Wildman–Crippen MR) is 63.2 cm³/mol. The molecular weight excluding hydrogens is 245 g/mol. The molecule has 0 saturated carbocycles. The number of nitrogens with one attached hydrogen (secondary N) is 1. The number of aromatic nitrogens is 1. The number of halogens is 3. The third-order valence-corrected chi connectivity index (χ3v) is 2.42. The Kier molecular flexibility index (Phi) is 4.95. The average molecular weight is 262 g/mol. The standard InChI is InChI=1S/C12H17F3N2O/c1-8(2)5-10(7-18)17-11-6-9(3-4-16-11)12(13,14)15/h3-4,6,8,10,18H,5,7H2,1-2H3,(H,16,17). The molecule has 1 heterocycles. The van der Waals surface area contributed by atoms with Gasteiger partial charge >= 0.3 is 6.18 Å². The molecule has 1 rings (SSSR count). The molecule has 0 bridgehead atoms. The van der Waals surface area contributed by atoms with E-state index in [1.165, 1.54) is 0 Å². The van der Waals surface area contributed by atoms with Crippen molar-refractivity contribution in [1.29, 1.82) is 0 Å². The molecule has 102 valence electrons. The van der Waals surface area contributed by atoms with Crippen LogP contribution in [-0.2, 0) is 6.18 Å². The van der Waals surface area contributed by atoms with Crippen LogP contribution in [0.3, 0.4) is 0 Å². The van der Waals surface area contributed by atoms with Gasteiger partial charge in [0.25, 0.3) is 0 Å². The van der Waals surface area contributed by atoms with Crippen LogP contribution in [0.5, 0.6) is 0 Å². The summed E-state index contributed by atoms with van der Waals surface area (Å²) in [6.07, 6.45) is -2.62. The molecule has 1 atom stereocenters. The Morgan fingerprint density at radius 3 is 2.56 bits per heavy atom. The van der Waals surface area contributed by atoms with Crippen molar-refractivity contribution >= 4 is 5.82 Å². The fourth-order valence-electron chi connectivity index (χ4n) is 1.64. The zero-order valence-corrected chi connectivity index (χ0v) is 10.3. The summed E-state index contributed by atoms with van der Waals surface area (Å²) in [6, 6.07) is 1.57. The van der Waals surface area contributed by atoms with Crippen molar-refractivity contribution in [2.75, 3.05) is 11.9 Å². The highest BCUT2D eigenvalue weighted by atomic mass is 19.4. The first-order valence-corrected chi connectivity index (χ1v) is 5.73. The fraction of sp³-hybridized carbons (Fsp3) is 0.583. The van der Waals surface area contributed by atoms with E-state index in [0.717, 1.165) is 18.3 Å². The van der Waals surface area contributed by atoms with Gasteiger partial charge in [-0.1, -0.05) is 13.8 Å². The van der Waals surface area contributed by atoms with Crippen LogP contribution in [0.4, 0.5) is 19.0 Å². The number of hydrogen-bond donors (Lipinski definition) is 2.